The molecule has 2 atom stereocenters. The van der Waals surface area contributed by atoms with Crippen LogP contribution in [0.2, 0.25) is 0 Å². The molecule has 1 N–H and O–H groups in total. The number of ether oxygens (including phenoxy) is 1. The second kappa shape index (κ2) is 6.52. The van der Waals surface area contributed by atoms with E-state index in [-0.39, 0.29) is 5.92 Å². The van der Waals surface area contributed by atoms with Gasteiger partial charge in [-0.25, -0.2) is 4.68 Å². The molecule has 4 rings (SSSR count). The monoisotopic (exact) mass is 355 g/mol. The van der Waals surface area contributed by atoms with Crippen molar-refractivity contribution in [1.29, 1.82) is 0 Å². The van der Waals surface area contributed by atoms with E-state index in [0.717, 1.165) is 25.2 Å². The van der Waals surface area contributed by atoms with Gasteiger partial charge in [-0.15, -0.1) is 0 Å². The number of hydrogen-bond acceptors (Lipinski definition) is 4. The van der Waals surface area contributed by atoms with Crippen LogP contribution in [0.5, 0.6) is 0 Å². The van der Waals surface area contributed by atoms with Crippen LogP contribution in [0.1, 0.15) is 23.1 Å². The summed E-state index contributed by atoms with van der Waals surface area (Å²) >= 11 is 0. The Morgan fingerprint density at radius 3 is 2.96 bits per heavy atom. The summed E-state index contributed by atoms with van der Waals surface area (Å²) in [4.78, 5) is 14.3. The molecule has 2 fully saturated rings. The fourth-order valence-electron chi connectivity index (χ4n) is 4.53. The zero-order chi connectivity index (χ0) is 18.3. The summed E-state index contributed by atoms with van der Waals surface area (Å²) in [6.07, 6.45) is 4.55. The van der Waals surface area contributed by atoms with Crippen LogP contribution in [0.4, 0.5) is 0 Å². The van der Waals surface area contributed by atoms with E-state index in [1.165, 1.54) is 16.7 Å². The van der Waals surface area contributed by atoms with Gasteiger partial charge in [-0.1, -0.05) is 6.07 Å². The maximum atomic E-state index is 12.0. The number of likely N-dealkylation sites (tertiary alicyclic amines) is 1. The molecule has 1 aromatic carbocycles. The van der Waals surface area contributed by atoms with Crippen molar-refractivity contribution in [3.05, 3.63) is 47.3 Å². The molecular weight excluding hydrogens is 330 g/mol. The van der Waals surface area contributed by atoms with Crippen molar-refractivity contribution in [1.82, 2.24) is 14.7 Å². The normalized spacial score (nSPS) is 26.0. The average Bonchev–Trinajstić information content (AvgIpc) is 3.24. The van der Waals surface area contributed by atoms with E-state index in [1.807, 2.05) is 16.9 Å². The minimum Gasteiger partial charge on any atom is -0.481 e. The number of carboxylic acids is 1. The number of aryl methyl sites for hydroxylation is 2. The van der Waals surface area contributed by atoms with Crippen LogP contribution in [-0.4, -0.2) is 52.1 Å². The summed E-state index contributed by atoms with van der Waals surface area (Å²) in [5.74, 6) is -0.565. The first kappa shape index (κ1) is 17.2. The standard InChI is InChI=1S/C20H25N3O3/c1-14-8-15(2)17(18(9-14)23-6-3-5-21-23)11-22-10-16-4-7-26-13-20(16,12-22)19(24)25/h3,5-6,8-9,16H,4,7,10-13H2,1-2H3,(H,24,25)/t16-,20+/m0/s1. The number of aromatic nitrogens is 2. The van der Waals surface area contributed by atoms with Gasteiger partial charge >= 0.3 is 5.97 Å². The van der Waals surface area contributed by atoms with Crippen molar-refractivity contribution in [3.8, 4) is 5.69 Å². The maximum Gasteiger partial charge on any atom is 0.313 e. The largest absolute Gasteiger partial charge is 0.481 e. The number of carboxylic acid groups (broad SMARTS) is 1. The summed E-state index contributed by atoms with van der Waals surface area (Å²) in [5, 5.41) is 14.3. The molecule has 0 aliphatic carbocycles. The highest BCUT2D eigenvalue weighted by molar-refractivity contribution is 5.76. The van der Waals surface area contributed by atoms with Gasteiger partial charge in [-0.3, -0.25) is 9.69 Å². The SMILES string of the molecule is Cc1cc(C)c(CN2C[C@@H]3CCOC[C@]3(C(=O)O)C2)c(-n2cccn2)c1. The summed E-state index contributed by atoms with van der Waals surface area (Å²) < 4.78 is 7.44. The Morgan fingerprint density at radius 1 is 1.42 bits per heavy atom. The van der Waals surface area contributed by atoms with Gasteiger partial charge in [0.25, 0.3) is 0 Å². The molecule has 3 heterocycles. The molecule has 0 bridgehead atoms. The van der Waals surface area contributed by atoms with Gasteiger partial charge in [0.05, 0.1) is 12.3 Å². The van der Waals surface area contributed by atoms with Crippen molar-refractivity contribution in [3.63, 3.8) is 0 Å². The quantitative estimate of drug-likeness (QED) is 0.912. The van der Waals surface area contributed by atoms with E-state index in [2.05, 4.69) is 36.0 Å². The minimum absolute atomic E-state index is 0.160. The number of rotatable bonds is 4. The van der Waals surface area contributed by atoms with Crippen molar-refractivity contribution in [2.45, 2.75) is 26.8 Å². The predicted octanol–water partition coefficient (Wildman–Crippen LogP) is 2.41. The summed E-state index contributed by atoms with van der Waals surface area (Å²) in [5.41, 5.74) is 3.93. The molecule has 26 heavy (non-hydrogen) atoms. The third-order valence-corrected chi connectivity index (χ3v) is 5.89. The van der Waals surface area contributed by atoms with E-state index in [1.54, 1.807) is 6.20 Å². The van der Waals surface area contributed by atoms with Gasteiger partial charge < -0.3 is 9.84 Å². The fourth-order valence-corrected chi connectivity index (χ4v) is 4.53. The van der Waals surface area contributed by atoms with Crippen molar-refractivity contribution in [2.24, 2.45) is 11.3 Å². The van der Waals surface area contributed by atoms with E-state index >= 15 is 0 Å². The molecule has 0 unspecified atom stereocenters. The van der Waals surface area contributed by atoms with Crippen molar-refractivity contribution < 1.29 is 14.6 Å². The van der Waals surface area contributed by atoms with E-state index in [4.69, 9.17) is 4.74 Å². The highest BCUT2D eigenvalue weighted by Crippen LogP contribution is 2.42. The lowest BCUT2D eigenvalue weighted by Gasteiger charge is -2.34. The molecule has 138 valence electrons. The first-order valence-electron chi connectivity index (χ1n) is 9.13. The molecule has 6 nitrogen and oxygen atoms in total. The number of nitrogens with zero attached hydrogens (tertiary/aromatic N) is 3. The molecule has 1 aromatic heterocycles. The van der Waals surface area contributed by atoms with Gasteiger partial charge in [0.2, 0.25) is 0 Å². The van der Waals surface area contributed by atoms with Gasteiger partial charge in [0.1, 0.15) is 5.41 Å². The average molecular weight is 355 g/mol. The Kier molecular flexibility index (Phi) is 4.32. The lowest BCUT2D eigenvalue weighted by Crippen LogP contribution is -2.46. The second-order valence-electron chi connectivity index (χ2n) is 7.70. The van der Waals surface area contributed by atoms with E-state index in [0.29, 0.717) is 19.8 Å². The lowest BCUT2D eigenvalue weighted by molar-refractivity contribution is -0.159. The Labute approximate surface area is 153 Å². The number of benzene rings is 1. The number of carbonyl (C=O) groups is 1. The molecule has 0 amide bonds. The summed E-state index contributed by atoms with van der Waals surface area (Å²) in [6, 6.07) is 6.25. The Balaban J connectivity index is 1.65. The second-order valence-corrected chi connectivity index (χ2v) is 7.70. The Hall–Kier alpha value is -2.18. The minimum atomic E-state index is -0.761. The molecular formula is C20H25N3O3. The summed E-state index contributed by atoms with van der Waals surface area (Å²) in [6.45, 7) is 7.27. The highest BCUT2D eigenvalue weighted by Gasteiger charge is 2.54. The zero-order valence-electron chi connectivity index (χ0n) is 15.3. The fraction of sp³-hybridized carbons (Fsp3) is 0.500. The first-order chi connectivity index (χ1) is 12.5. The van der Waals surface area contributed by atoms with E-state index in [9.17, 15) is 9.90 Å². The van der Waals surface area contributed by atoms with Crippen LogP contribution < -0.4 is 0 Å². The van der Waals surface area contributed by atoms with Gasteiger partial charge in [-0.05, 0) is 55.0 Å². The molecule has 2 saturated heterocycles. The third-order valence-electron chi connectivity index (χ3n) is 5.89. The van der Waals surface area contributed by atoms with Crippen molar-refractivity contribution in [2.75, 3.05) is 26.3 Å². The molecule has 2 aliphatic heterocycles. The van der Waals surface area contributed by atoms with Crippen LogP contribution in [0, 0.1) is 25.2 Å². The Bertz CT molecular complexity index is 818. The van der Waals surface area contributed by atoms with Gasteiger partial charge in [0.15, 0.2) is 0 Å². The molecule has 0 radical (unpaired) electrons. The molecule has 6 heteroatoms. The van der Waals surface area contributed by atoms with E-state index < -0.39 is 11.4 Å². The maximum absolute atomic E-state index is 12.0. The molecule has 0 spiro atoms. The number of fused-ring (bicyclic) bond motifs is 1. The predicted molar refractivity (Wildman–Crippen MR) is 97.3 cm³/mol. The van der Waals surface area contributed by atoms with Crippen molar-refractivity contribution >= 4 is 5.97 Å². The number of aliphatic carboxylic acids is 1. The Morgan fingerprint density at radius 2 is 2.27 bits per heavy atom. The van der Waals surface area contributed by atoms with Crippen LogP contribution in [0.15, 0.2) is 30.6 Å². The smallest absolute Gasteiger partial charge is 0.313 e. The number of hydrogen-bond donors (Lipinski definition) is 1. The molecule has 2 aliphatic rings. The first-order valence-corrected chi connectivity index (χ1v) is 9.13. The van der Waals surface area contributed by atoms with Gasteiger partial charge in [0, 0.05) is 38.6 Å². The summed E-state index contributed by atoms with van der Waals surface area (Å²) in [7, 11) is 0. The zero-order valence-corrected chi connectivity index (χ0v) is 15.3. The molecule has 0 saturated carbocycles. The topological polar surface area (TPSA) is 67.6 Å². The highest BCUT2D eigenvalue weighted by atomic mass is 16.5. The third kappa shape index (κ3) is 2.83. The van der Waals surface area contributed by atoms with Crippen LogP contribution in [-0.2, 0) is 16.1 Å². The van der Waals surface area contributed by atoms with Crippen LogP contribution in [0.25, 0.3) is 5.69 Å². The van der Waals surface area contributed by atoms with Gasteiger partial charge in [-0.2, -0.15) is 5.10 Å². The van der Waals surface area contributed by atoms with Crippen LogP contribution in [0.3, 0.4) is 0 Å². The van der Waals surface area contributed by atoms with Crippen LogP contribution >= 0.6 is 0 Å². The lowest BCUT2D eigenvalue weighted by atomic mass is 9.76. The molecule has 2 aromatic rings.